The summed E-state index contributed by atoms with van der Waals surface area (Å²) in [7, 11) is 0. The van der Waals surface area contributed by atoms with Crippen LogP contribution in [0.2, 0.25) is 0 Å². The molecule has 4 rings (SSSR count). The summed E-state index contributed by atoms with van der Waals surface area (Å²) in [6.07, 6.45) is 17.2. The van der Waals surface area contributed by atoms with Crippen LogP contribution in [-0.2, 0) is 0 Å². The number of hydrogen-bond donors (Lipinski definition) is 1. The van der Waals surface area contributed by atoms with Gasteiger partial charge in [-0.1, -0.05) is 79.4 Å². The Morgan fingerprint density at radius 2 is 1.70 bits per heavy atom. The van der Waals surface area contributed by atoms with E-state index < -0.39 is 0 Å². The van der Waals surface area contributed by atoms with Gasteiger partial charge < -0.3 is 5.11 Å². The van der Waals surface area contributed by atoms with Gasteiger partial charge in [-0.15, -0.1) is 0 Å². The lowest BCUT2D eigenvalue weighted by Crippen LogP contribution is -2.50. The molecular formula is C29H52O. The molecule has 0 heterocycles. The van der Waals surface area contributed by atoms with Crippen LogP contribution in [0.1, 0.15) is 119 Å². The minimum Gasteiger partial charge on any atom is -0.393 e. The second-order valence-electron chi connectivity index (χ2n) is 12.2. The molecule has 3 fully saturated rings. The maximum absolute atomic E-state index is 10.2. The first kappa shape index (κ1) is 24.3. The van der Waals surface area contributed by atoms with Gasteiger partial charge in [-0.3, -0.25) is 0 Å². The van der Waals surface area contributed by atoms with Crippen LogP contribution >= 0.6 is 0 Å². The van der Waals surface area contributed by atoms with Crippen molar-refractivity contribution in [1.82, 2.24) is 0 Å². The van der Waals surface area contributed by atoms with Crippen molar-refractivity contribution in [1.29, 1.82) is 0 Å². The number of hydrogen-bond acceptors (Lipinski definition) is 1. The summed E-state index contributed by atoms with van der Waals surface area (Å²) in [4.78, 5) is 0. The maximum atomic E-state index is 10.2. The third-order valence-corrected chi connectivity index (χ3v) is 10.3. The Hall–Kier alpha value is -0.300. The first-order chi connectivity index (χ1) is 14.3. The Labute approximate surface area is 188 Å². The molecule has 1 N–H and O–H groups in total. The Balaban J connectivity index is 0.00000124. The van der Waals surface area contributed by atoms with Crippen molar-refractivity contribution in [3.8, 4) is 0 Å². The molecule has 0 aromatic carbocycles. The molecule has 6 unspecified atom stereocenters. The second-order valence-corrected chi connectivity index (χ2v) is 12.2. The van der Waals surface area contributed by atoms with Gasteiger partial charge in [0.05, 0.1) is 6.10 Å². The normalized spacial score (nSPS) is 43.6. The highest BCUT2D eigenvalue weighted by Crippen LogP contribution is 2.67. The van der Waals surface area contributed by atoms with E-state index in [1.807, 2.05) is 13.8 Å². The van der Waals surface area contributed by atoms with Gasteiger partial charge in [-0.25, -0.2) is 0 Å². The lowest BCUT2D eigenvalue weighted by Gasteiger charge is -2.58. The monoisotopic (exact) mass is 416 g/mol. The minimum absolute atomic E-state index is 0.0766. The number of aliphatic hydroxyl groups is 1. The second kappa shape index (κ2) is 9.68. The van der Waals surface area contributed by atoms with Crippen LogP contribution in [0.25, 0.3) is 0 Å². The summed E-state index contributed by atoms with van der Waals surface area (Å²) in [6.45, 7) is 16.6. The fourth-order valence-corrected chi connectivity index (χ4v) is 8.67. The van der Waals surface area contributed by atoms with Crippen molar-refractivity contribution in [2.75, 3.05) is 0 Å². The van der Waals surface area contributed by atoms with Gasteiger partial charge in [-0.05, 0) is 97.7 Å². The van der Waals surface area contributed by atoms with Crippen molar-refractivity contribution < 1.29 is 5.11 Å². The lowest BCUT2D eigenvalue weighted by atomic mass is 9.47. The predicted molar refractivity (Wildman–Crippen MR) is 130 cm³/mol. The van der Waals surface area contributed by atoms with E-state index in [0.717, 1.165) is 48.3 Å². The Morgan fingerprint density at radius 3 is 2.40 bits per heavy atom. The largest absolute Gasteiger partial charge is 0.393 e. The predicted octanol–water partition coefficient (Wildman–Crippen LogP) is 8.41. The van der Waals surface area contributed by atoms with Gasteiger partial charge in [0.15, 0.2) is 0 Å². The molecule has 0 spiro atoms. The molecule has 0 saturated heterocycles. The van der Waals surface area contributed by atoms with Crippen molar-refractivity contribution in [3.63, 3.8) is 0 Å². The fraction of sp³-hybridized carbons (Fsp3) is 0.931. The van der Waals surface area contributed by atoms with Crippen molar-refractivity contribution >= 4 is 0 Å². The summed E-state index contributed by atoms with van der Waals surface area (Å²) in [5.74, 6) is 5.46. The quantitative estimate of drug-likeness (QED) is 0.446. The maximum Gasteiger partial charge on any atom is 0.0577 e. The lowest BCUT2D eigenvalue weighted by molar-refractivity contribution is -0.0573. The highest BCUT2D eigenvalue weighted by Gasteiger charge is 2.59. The number of rotatable bonds is 5. The summed E-state index contributed by atoms with van der Waals surface area (Å²) >= 11 is 0. The number of fused-ring (bicyclic) bond motifs is 5. The average molecular weight is 417 g/mol. The summed E-state index contributed by atoms with van der Waals surface area (Å²) in [5, 5.41) is 10.2. The Morgan fingerprint density at radius 1 is 0.967 bits per heavy atom. The Bertz CT molecular complexity index is 591. The van der Waals surface area contributed by atoms with E-state index in [4.69, 9.17) is 0 Å². The van der Waals surface area contributed by atoms with Gasteiger partial charge in [0.2, 0.25) is 0 Å². The van der Waals surface area contributed by atoms with Crippen LogP contribution in [0.3, 0.4) is 0 Å². The van der Waals surface area contributed by atoms with Crippen LogP contribution in [0, 0.1) is 46.3 Å². The number of aliphatic hydroxyl groups excluding tert-OH is 1. The molecule has 0 aromatic heterocycles. The van der Waals surface area contributed by atoms with Crippen LogP contribution in [0.4, 0.5) is 0 Å². The topological polar surface area (TPSA) is 20.2 Å². The molecule has 8 atom stereocenters. The van der Waals surface area contributed by atoms with Gasteiger partial charge in [-0.2, -0.15) is 0 Å². The summed E-state index contributed by atoms with van der Waals surface area (Å²) in [6, 6.07) is 0. The SMILES string of the molecule is CC.CC(C)CCC[C@@H](C)C1CCC2C3CC=C4CC(O)CC[C@]4(C)C3CCC21C. The first-order valence-electron chi connectivity index (χ1n) is 13.6. The highest BCUT2D eigenvalue weighted by molar-refractivity contribution is 5.25. The average Bonchev–Trinajstić information content (AvgIpc) is 3.07. The molecule has 3 saturated carbocycles. The van der Waals surface area contributed by atoms with Crippen LogP contribution in [0.15, 0.2) is 11.6 Å². The van der Waals surface area contributed by atoms with Gasteiger partial charge in [0, 0.05) is 0 Å². The number of allylic oxidation sites excluding steroid dienone is 1. The molecule has 0 amide bonds. The molecule has 4 aliphatic carbocycles. The molecule has 30 heavy (non-hydrogen) atoms. The third kappa shape index (κ3) is 4.31. The zero-order valence-corrected chi connectivity index (χ0v) is 21.3. The third-order valence-electron chi connectivity index (χ3n) is 10.3. The summed E-state index contributed by atoms with van der Waals surface area (Å²) in [5.41, 5.74) is 2.60. The molecule has 0 aromatic rings. The smallest absolute Gasteiger partial charge is 0.0577 e. The standard InChI is InChI=1S/C27H46O.C2H6/c1-18(2)7-6-8-19(3)23-11-12-24-22-10-9-20-17-21(28)13-15-26(20,4)25(22)14-16-27(23,24)5;1-2/h9,18-19,21-25,28H,6-8,10-17H2,1-5H3;1-2H3/t19-,21?,22?,23?,24?,25?,26+,27?;/m1./s1. The van der Waals surface area contributed by atoms with Crippen molar-refractivity contribution in [2.24, 2.45) is 46.3 Å². The molecular weight excluding hydrogens is 364 g/mol. The zero-order chi connectivity index (χ0) is 22.1. The van der Waals surface area contributed by atoms with Crippen molar-refractivity contribution in [3.05, 3.63) is 11.6 Å². The van der Waals surface area contributed by atoms with E-state index in [2.05, 4.69) is 40.7 Å². The van der Waals surface area contributed by atoms with E-state index in [-0.39, 0.29) is 6.10 Å². The Kier molecular flexibility index (Phi) is 7.85. The zero-order valence-electron chi connectivity index (χ0n) is 21.3. The molecule has 1 nitrogen and oxygen atoms in total. The van der Waals surface area contributed by atoms with Gasteiger partial charge in [0.25, 0.3) is 0 Å². The van der Waals surface area contributed by atoms with E-state index in [1.54, 1.807) is 5.57 Å². The summed E-state index contributed by atoms with van der Waals surface area (Å²) < 4.78 is 0. The van der Waals surface area contributed by atoms with Gasteiger partial charge >= 0.3 is 0 Å². The molecule has 174 valence electrons. The molecule has 4 aliphatic rings. The highest BCUT2D eigenvalue weighted by atomic mass is 16.3. The molecule has 0 radical (unpaired) electrons. The van der Waals surface area contributed by atoms with E-state index in [1.165, 1.54) is 57.8 Å². The molecule has 0 bridgehead atoms. The van der Waals surface area contributed by atoms with Crippen molar-refractivity contribution in [2.45, 2.75) is 125 Å². The van der Waals surface area contributed by atoms with E-state index in [9.17, 15) is 5.11 Å². The minimum atomic E-state index is -0.0766. The van der Waals surface area contributed by atoms with Gasteiger partial charge in [0.1, 0.15) is 0 Å². The van der Waals surface area contributed by atoms with Crippen LogP contribution in [-0.4, -0.2) is 11.2 Å². The first-order valence-corrected chi connectivity index (χ1v) is 13.6. The molecule has 1 heteroatoms. The van der Waals surface area contributed by atoms with Crippen LogP contribution in [0.5, 0.6) is 0 Å². The molecule has 0 aliphatic heterocycles. The fourth-order valence-electron chi connectivity index (χ4n) is 8.67. The van der Waals surface area contributed by atoms with E-state index >= 15 is 0 Å². The van der Waals surface area contributed by atoms with Crippen LogP contribution < -0.4 is 0 Å². The van der Waals surface area contributed by atoms with E-state index in [0.29, 0.717) is 10.8 Å².